The van der Waals surface area contributed by atoms with Crippen molar-refractivity contribution in [1.82, 2.24) is 10.6 Å². The van der Waals surface area contributed by atoms with E-state index in [1.165, 1.54) is 17.7 Å². The van der Waals surface area contributed by atoms with E-state index in [0.717, 1.165) is 50.8 Å². The lowest BCUT2D eigenvalue weighted by atomic mass is 9.89. The zero-order chi connectivity index (χ0) is 23.0. The minimum absolute atomic E-state index is 0.0922. The number of hydrogen-bond acceptors (Lipinski definition) is 5. The Hall–Kier alpha value is -3.04. The van der Waals surface area contributed by atoms with Crippen LogP contribution in [0.3, 0.4) is 0 Å². The number of anilines is 1. The minimum atomic E-state index is -0.336. The third-order valence-corrected chi connectivity index (χ3v) is 6.79. The first kappa shape index (κ1) is 23.1. The van der Waals surface area contributed by atoms with Crippen LogP contribution in [0.25, 0.3) is 0 Å². The van der Waals surface area contributed by atoms with E-state index in [1.54, 1.807) is 0 Å². The standard InChI is InChI=1S/C27H34N4O2/c1-20-8-10-22(11-9-20)19-33-27(32)30-26-7-3-2-6-25(26)29-23-5-4-16-31(18-23)24-14-12-21(17-28)13-15-24/h8-15,23,25-26,29H,2-7,16,18-19H2,1H3,(H,30,32)/t23-,25+,26+/m0/s1. The summed E-state index contributed by atoms with van der Waals surface area (Å²) >= 11 is 0. The van der Waals surface area contributed by atoms with Gasteiger partial charge in [0.1, 0.15) is 6.61 Å². The number of alkyl carbamates (subject to hydrolysis) is 1. The maximum Gasteiger partial charge on any atom is 0.407 e. The van der Waals surface area contributed by atoms with Crippen LogP contribution in [-0.4, -0.2) is 37.3 Å². The lowest BCUT2D eigenvalue weighted by Crippen LogP contribution is -2.57. The summed E-state index contributed by atoms with van der Waals surface area (Å²) in [5.41, 5.74) is 4.05. The molecule has 2 aliphatic rings. The molecule has 4 rings (SSSR count). The zero-order valence-corrected chi connectivity index (χ0v) is 19.4. The average molecular weight is 447 g/mol. The maximum absolute atomic E-state index is 12.5. The van der Waals surface area contributed by atoms with Gasteiger partial charge in [0.15, 0.2) is 0 Å². The van der Waals surface area contributed by atoms with Gasteiger partial charge in [-0.1, -0.05) is 42.7 Å². The van der Waals surface area contributed by atoms with Crippen LogP contribution in [0.2, 0.25) is 0 Å². The Labute approximate surface area is 196 Å². The molecular weight excluding hydrogens is 412 g/mol. The van der Waals surface area contributed by atoms with Gasteiger partial charge in [-0.3, -0.25) is 0 Å². The van der Waals surface area contributed by atoms with Crippen LogP contribution in [0.4, 0.5) is 10.5 Å². The van der Waals surface area contributed by atoms with Crippen molar-refractivity contribution < 1.29 is 9.53 Å². The Morgan fingerprint density at radius 3 is 2.48 bits per heavy atom. The molecule has 33 heavy (non-hydrogen) atoms. The lowest BCUT2D eigenvalue weighted by Gasteiger charge is -2.40. The Morgan fingerprint density at radius 2 is 1.76 bits per heavy atom. The van der Waals surface area contributed by atoms with E-state index < -0.39 is 0 Å². The summed E-state index contributed by atoms with van der Waals surface area (Å²) in [7, 11) is 0. The molecule has 1 aliphatic heterocycles. The Morgan fingerprint density at radius 1 is 1.03 bits per heavy atom. The molecule has 2 fully saturated rings. The molecule has 1 aliphatic carbocycles. The summed E-state index contributed by atoms with van der Waals surface area (Å²) in [4.78, 5) is 14.9. The van der Waals surface area contributed by atoms with Crippen molar-refractivity contribution >= 4 is 11.8 Å². The number of ether oxygens (including phenoxy) is 1. The largest absolute Gasteiger partial charge is 0.445 e. The van der Waals surface area contributed by atoms with Gasteiger partial charge in [0.05, 0.1) is 11.6 Å². The molecule has 0 radical (unpaired) electrons. The van der Waals surface area contributed by atoms with E-state index >= 15 is 0 Å². The number of rotatable bonds is 6. The molecule has 0 bridgehead atoms. The first-order valence-corrected chi connectivity index (χ1v) is 12.1. The summed E-state index contributed by atoms with van der Waals surface area (Å²) < 4.78 is 5.49. The first-order valence-electron chi connectivity index (χ1n) is 12.1. The Kier molecular flexibility index (Phi) is 7.85. The first-order chi connectivity index (χ1) is 16.1. The number of nitriles is 1. The summed E-state index contributed by atoms with van der Waals surface area (Å²) in [5.74, 6) is 0. The molecule has 0 aromatic heterocycles. The SMILES string of the molecule is Cc1ccc(COC(=O)N[C@@H]2CCCC[C@H]2N[C@H]2CCCN(c3ccc(C#N)cc3)C2)cc1. The highest BCUT2D eigenvalue weighted by molar-refractivity contribution is 5.67. The van der Waals surface area contributed by atoms with Crippen molar-refractivity contribution in [2.24, 2.45) is 0 Å². The highest BCUT2D eigenvalue weighted by Gasteiger charge is 2.30. The third kappa shape index (κ3) is 6.49. The van der Waals surface area contributed by atoms with Crippen LogP contribution in [0.15, 0.2) is 48.5 Å². The summed E-state index contributed by atoms with van der Waals surface area (Å²) in [6.07, 6.45) is 6.27. The lowest BCUT2D eigenvalue weighted by molar-refractivity contribution is 0.128. The van der Waals surface area contributed by atoms with Gasteiger partial charge in [0, 0.05) is 36.9 Å². The van der Waals surface area contributed by atoms with Crippen molar-refractivity contribution in [3.05, 3.63) is 65.2 Å². The van der Waals surface area contributed by atoms with Crippen LogP contribution >= 0.6 is 0 Å². The van der Waals surface area contributed by atoms with Gasteiger partial charge in [0.25, 0.3) is 0 Å². The van der Waals surface area contributed by atoms with E-state index in [-0.39, 0.29) is 18.2 Å². The summed E-state index contributed by atoms with van der Waals surface area (Å²) in [6.45, 7) is 4.30. The number of nitrogens with zero attached hydrogens (tertiary/aromatic N) is 2. The molecule has 0 spiro atoms. The van der Waals surface area contributed by atoms with E-state index in [2.05, 4.69) is 21.6 Å². The number of carbonyl (C=O) groups excluding carboxylic acids is 1. The predicted molar refractivity (Wildman–Crippen MR) is 130 cm³/mol. The quantitative estimate of drug-likeness (QED) is 0.675. The molecule has 2 aromatic carbocycles. The topological polar surface area (TPSA) is 77.4 Å². The minimum Gasteiger partial charge on any atom is -0.445 e. The van der Waals surface area contributed by atoms with Gasteiger partial charge in [-0.25, -0.2) is 4.79 Å². The van der Waals surface area contributed by atoms with Gasteiger partial charge in [-0.15, -0.1) is 0 Å². The van der Waals surface area contributed by atoms with Crippen LogP contribution in [0, 0.1) is 18.3 Å². The van der Waals surface area contributed by atoms with Crippen LogP contribution < -0.4 is 15.5 Å². The number of aryl methyl sites for hydroxylation is 1. The van der Waals surface area contributed by atoms with E-state index in [0.29, 0.717) is 18.2 Å². The molecule has 174 valence electrons. The zero-order valence-electron chi connectivity index (χ0n) is 19.4. The second kappa shape index (κ2) is 11.2. The second-order valence-electron chi connectivity index (χ2n) is 9.31. The molecule has 1 heterocycles. The monoisotopic (exact) mass is 446 g/mol. The number of carbonyl (C=O) groups is 1. The smallest absolute Gasteiger partial charge is 0.407 e. The van der Waals surface area contributed by atoms with Gasteiger partial charge in [0.2, 0.25) is 0 Å². The summed E-state index contributed by atoms with van der Waals surface area (Å²) in [5, 5.41) is 16.0. The van der Waals surface area contributed by atoms with Gasteiger partial charge in [-0.2, -0.15) is 5.26 Å². The van der Waals surface area contributed by atoms with Crippen molar-refractivity contribution in [2.75, 3.05) is 18.0 Å². The van der Waals surface area contributed by atoms with Gasteiger partial charge in [-0.05, 0) is 62.4 Å². The maximum atomic E-state index is 12.5. The normalized spacial score (nSPS) is 22.9. The third-order valence-electron chi connectivity index (χ3n) is 6.79. The number of nitrogens with one attached hydrogen (secondary N) is 2. The van der Waals surface area contributed by atoms with Crippen molar-refractivity contribution in [3.63, 3.8) is 0 Å². The number of hydrogen-bond donors (Lipinski definition) is 2. The van der Waals surface area contributed by atoms with Crippen LogP contribution in [-0.2, 0) is 11.3 Å². The van der Waals surface area contributed by atoms with Gasteiger partial charge >= 0.3 is 6.09 Å². The highest BCUT2D eigenvalue weighted by Crippen LogP contribution is 2.24. The summed E-state index contributed by atoms with van der Waals surface area (Å²) in [6, 6.07) is 18.8. The molecule has 1 amide bonds. The fourth-order valence-electron chi connectivity index (χ4n) is 4.93. The molecule has 2 aromatic rings. The fourth-order valence-corrected chi connectivity index (χ4v) is 4.93. The average Bonchev–Trinajstić information content (AvgIpc) is 2.85. The van der Waals surface area contributed by atoms with Crippen LogP contribution in [0.5, 0.6) is 0 Å². The molecule has 6 nitrogen and oxygen atoms in total. The highest BCUT2D eigenvalue weighted by atomic mass is 16.5. The van der Waals surface area contributed by atoms with Crippen LogP contribution in [0.1, 0.15) is 55.2 Å². The fraction of sp³-hybridized carbons (Fsp3) is 0.481. The number of piperidine rings is 1. The Balaban J connectivity index is 1.29. The number of benzene rings is 2. The Bertz CT molecular complexity index is 952. The van der Waals surface area contributed by atoms with Crippen molar-refractivity contribution in [2.45, 2.75) is 70.2 Å². The molecule has 6 heteroatoms. The van der Waals surface area contributed by atoms with E-state index in [1.807, 2.05) is 55.5 Å². The molecule has 2 N–H and O–H groups in total. The molecule has 1 saturated heterocycles. The molecular formula is C27H34N4O2. The van der Waals surface area contributed by atoms with Crippen molar-refractivity contribution in [3.8, 4) is 6.07 Å². The molecule has 0 unspecified atom stereocenters. The van der Waals surface area contributed by atoms with Crippen molar-refractivity contribution in [1.29, 1.82) is 5.26 Å². The predicted octanol–water partition coefficient (Wildman–Crippen LogP) is 4.66. The van der Waals surface area contributed by atoms with Gasteiger partial charge < -0.3 is 20.3 Å². The van der Waals surface area contributed by atoms with E-state index in [9.17, 15) is 4.79 Å². The molecule has 1 saturated carbocycles. The molecule has 3 atom stereocenters. The number of amides is 1. The van der Waals surface area contributed by atoms with E-state index in [4.69, 9.17) is 10.00 Å². The second-order valence-corrected chi connectivity index (χ2v) is 9.31.